The number of amides is 1. The number of non-ortho nitro benzene ring substituents is 1. The van der Waals surface area contributed by atoms with E-state index in [1.54, 1.807) is 0 Å². The Hall–Kier alpha value is -1.18. The molecule has 1 heterocycles. The van der Waals surface area contributed by atoms with Crippen LogP contribution in [-0.4, -0.2) is 41.9 Å². The van der Waals surface area contributed by atoms with E-state index in [-0.39, 0.29) is 24.0 Å². The third-order valence-electron chi connectivity index (χ3n) is 3.98. The van der Waals surface area contributed by atoms with Gasteiger partial charge in [0.25, 0.3) is 11.6 Å². The number of nitrogens with one attached hydrogen (secondary N) is 1. The molecule has 1 saturated heterocycles. The fourth-order valence-electron chi connectivity index (χ4n) is 2.65. The lowest BCUT2D eigenvalue weighted by molar-refractivity contribution is -0.384. The fourth-order valence-corrected chi connectivity index (χ4v) is 3.19. The Labute approximate surface area is 150 Å². The van der Waals surface area contributed by atoms with Crippen molar-refractivity contribution in [3.05, 3.63) is 38.3 Å². The predicted molar refractivity (Wildman–Crippen MR) is 95.2 cm³/mol. The Kier molecular flexibility index (Phi) is 7.94. The van der Waals surface area contributed by atoms with Crippen LogP contribution in [0.25, 0.3) is 0 Å². The van der Waals surface area contributed by atoms with Crippen molar-refractivity contribution in [1.82, 2.24) is 10.2 Å². The Morgan fingerprint density at radius 3 is 2.61 bits per heavy atom. The number of piperidine rings is 1. The summed E-state index contributed by atoms with van der Waals surface area (Å²) in [6.07, 6.45) is 1.98. The number of likely N-dealkylation sites (tertiary alicyclic amines) is 1. The van der Waals surface area contributed by atoms with Crippen molar-refractivity contribution < 1.29 is 9.72 Å². The molecule has 128 valence electrons. The second-order valence-corrected chi connectivity index (χ2v) is 6.32. The average molecular weight is 407 g/mol. The van der Waals surface area contributed by atoms with Gasteiger partial charge in [-0.25, -0.2) is 0 Å². The minimum Gasteiger partial charge on any atom is -0.339 e. The summed E-state index contributed by atoms with van der Waals surface area (Å²) in [7, 11) is 0. The molecule has 1 amide bonds. The predicted octanol–water partition coefficient (Wildman–Crippen LogP) is 3.24. The van der Waals surface area contributed by atoms with Gasteiger partial charge in [0.1, 0.15) is 0 Å². The number of hydrogen-bond donors (Lipinski definition) is 1. The molecule has 0 unspecified atom stereocenters. The maximum absolute atomic E-state index is 12.5. The lowest BCUT2D eigenvalue weighted by atomic mass is 9.96. The van der Waals surface area contributed by atoms with Gasteiger partial charge in [0.2, 0.25) is 0 Å². The van der Waals surface area contributed by atoms with Crippen LogP contribution in [-0.2, 0) is 0 Å². The highest BCUT2D eigenvalue weighted by atomic mass is 79.9. The van der Waals surface area contributed by atoms with Gasteiger partial charge in [-0.15, -0.1) is 12.4 Å². The molecule has 0 radical (unpaired) electrons. The zero-order chi connectivity index (χ0) is 16.1. The topological polar surface area (TPSA) is 75.5 Å². The number of hydrogen-bond acceptors (Lipinski definition) is 4. The van der Waals surface area contributed by atoms with Crippen LogP contribution in [0.15, 0.2) is 22.7 Å². The van der Waals surface area contributed by atoms with Crippen molar-refractivity contribution in [3.8, 4) is 0 Å². The summed E-state index contributed by atoms with van der Waals surface area (Å²) in [5, 5.41) is 14.1. The van der Waals surface area contributed by atoms with Gasteiger partial charge in [0, 0.05) is 29.7 Å². The van der Waals surface area contributed by atoms with E-state index in [4.69, 9.17) is 0 Å². The molecule has 6 nitrogen and oxygen atoms in total. The molecule has 0 spiro atoms. The van der Waals surface area contributed by atoms with Crippen LogP contribution in [0, 0.1) is 16.0 Å². The number of carbonyl (C=O) groups is 1. The molecule has 0 saturated carbocycles. The van der Waals surface area contributed by atoms with Crippen LogP contribution in [0.2, 0.25) is 0 Å². The Morgan fingerprint density at radius 1 is 1.43 bits per heavy atom. The number of nitro benzene ring substituents is 1. The third-order valence-corrected chi connectivity index (χ3v) is 4.63. The number of benzene rings is 1. The molecule has 0 aliphatic carbocycles. The van der Waals surface area contributed by atoms with E-state index in [2.05, 4.69) is 28.2 Å². The molecule has 23 heavy (non-hydrogen) atoms. The molecule has 1 aliphatic rings. The molecule has 2 rings (SSSR count). The number of nitro groups is 1. The normalized spacial score (nSPS) is 15.1. The van der Waals surface area contributed by atoms with Crippen LogP contribution in [0.5, 0.6) is 0 Å². The number of halogens is 2. The van der Waals surface area contributed by atoms with Gasteiger partial charge >= 0.3 is 0 Å². The number of nitrogens with zero attached hydrogens (tertiary/aromatic N) is 2. The van der Waals surface area contributed by atoms with Gasteiger partial charge < -0.3 is 10.2 Å². The van der Waals surface area contributed by atoms with Crippen LogP contribution in [0.1, 0.15) is 30.1 Å². The highest BCUT2D eigenvalue weighted by molar-refractivity contribution is 9.10. The van der Waals surface area contributed by atoms with Gasteiger partial charge in [0.15, 0.2) is 0 Å². The van der Waals surface area contributed by atoms with Crippen molar-refractivity contribution in [2.75, 3.05) is 26.2 Å². The zero-order valence-corrected chi connectivity index (χ0v) is 15.4. The van der Waals surface area contributed by atoms with Crippen molar-refractivity contribution >= 4 is 39.9 Å². The summed E-state index contributed by atoms with van der Waals surface area (Å²) in [6, 6.07) is 4.27. The monoisotopic (exact) mass is 405 g/mol. The molecular weight excluding hydrogens is 386 g/mol. The van der Waals surface area contributed by atoms with E-state index in [1.165, 1.54) is 18.2 Å². The first-order chi connectivity index (χ1) is 10.5. The van der Waals surface area contributed by atoms with Crippen molar-refractivity contribution in [3.63, 3.8) is 0 Å². The first-order valence-electron chi connectivity index (χ1n) is 7.46. The van der Waals surface area contributed by atoms with Gasteiger partial charge in [-0.2, -0.15) is 0 Å². The second kappa shape index (κ2) is 9.20. The lowest BCUT2D eigenvalue weighted by Gasteiger charge is -2.32. The summed E-state index contributed by atoms with van der Waals surface area (Å²) in [5.74, 6) is 0.549. The van der Waals surface area contributed by atoms with Gasteiger partial charge in [-0.05, 0) is 53.8 Å². The molecule has 1 aromatic rings. The molecular formula is C15H21BrClN3O3. The Morgan fingerprint density at radius 2 is 2.09 bits per heavy atom. The van der Waals surface area contributed by atoms with E-state index in [0.717, 1.165) is 39.0 Å². The smallest absolute Gasteiger partial charge is 0.270 e. The standard InChI is InChI=1S/C15H20BrN3O3.ClH/c1-2-17-10-11-5-7-18(8-6-11)15(20)13-4-3-12(19(21)22)9-14(13)16;/h3-4,9,11,17H,2,5-8,10H2,1H3;1H. The van der Waals surface area contributed by atoms with Crippen LogP contribution in [0.4, 0.5) is 5.69 Å². The van der Waals surface area contributed by atoms with Crippen LogP contribution >= 0.6 is 28.3 Å². The molecule has 8 heteroatoms. The van der Waals surface area contributed by atoms with Crippen LogP contribution < -0.4 is 5.32 Å². The van der Waals surface area contributed by atoms with E-state index >= 15 is 0 Å². The Bertz CT molecular complexity index is 563. The number of carbonyl (C=O) groups excluding carboxylic acids is 1. The summed E-state index contributed by atoms with van der Waals surface area (Å²) in [5.41, 5.74) is 0.462. The maximum Gasteiger partial charge on any atom is 0.270 e. The van der Waals surface area contributed by atoms with Crippen molar-refractivity contribution in [2.45, 2.75) is 19.8 Å². The fraction of sp³-hybridized carbons (Fsp3) is 0.533. The largest absolute Gasteiger partial charge is 0.339 e. The quantitative estimate of drug-likeness (QED) is 0.601. The summed E-state index contributed by atoms with van der Waals surface area (Å²) >= 11 is 3.27. The summed E-state index contributed by atoms with van der Waals surface area (Å²) < 4.78 is 0.474. The minimum absolute atomic E-state index is 0. The maximum atomic E-state index is 12.5. The summed E-state index contributed by atoms with van der Waals surface area (Å²) in [4.78, 5) is 24.6. The van der Waals surface area contributed by atoms with Gasteiger partial charge in [-0.1, -0.05) is 6.92 Å². The van der Waals surface area contributed by atoms with E-state index in [0.29, 0.717) is 16.0 Å². The molecule has 0 bridgehead atoms. The number of rotatable bonds is 5. The molecule has 1 aliphatic heterocycles. The molecule has 1 aromatic carbocycles. The van der Waals surface area contributed by atoms with E-state index in [1.807, 2.05) is 4.90 Å². The van der Waals surface area contributed by atoms with Gasteiger partial charge in [0.05, 0.1) is 10.5 Å². The molecule has 1 N–H and O–H groups in total. The highest BCUT2D eigenvalue weighted by Crippen LogP contribution is 2.26. The van der Waals surface area contributed by atoms with Crippen molar-refractivity contribution in [2.24, 2.45) is 5.92 Å². The second-order valence-electron chi connectivity index (χ2n) is 5.46. The minimum atomic E-state index is -0.467. The van der Waals surface area contributed by atoms with E-state index < -0.39 is 4.92 Å². The first-order valence-corrected chi connectivity index (χ1v) is 8.26. The Balaban J connectivity index is 0.00000264. The molecule has 0 aromatic heterocycles. The van der Waals surface area contributed by atoms with Crippen molar-refractivity contribution in [1.29, 1.82) is 0 Å². The average Bonchev–Trinajstić information content (AvgIpc) is 2.52. The molecule has 1 fully saturated rings. The first kappa shape index (κ1) is 19.9. The van der Waals surface area contributed by atoms with E-state index in [9.17, 15) is 14.9 Å². The third kappa shape index (κ3) is 5.16. The SMILES string of the molecule is CCNCC1CCN(C(=O)c2ccc([N+](=O)[O-])cc2Br)CC1.Cl. The van der Waals surface area contributed by atoms with Crippen LogP contribution in [0.3, 0.4) is 0 Å². The summed E-state index contributed by atoms with van der Waals surface area (Å²) in [6.45, 7) is 5.52. The lowest BCUT2D eigenvalue weighted by Crippen LogP contribution is -2.40. The highest BCUT2D eigenvalue weighted by Gasteiger charge is 2.25. The zero-order valence-electron chi connectivity index (χ0n) is 13.0. The van der Waals surface area contributed by atoms with Gasteiger partial charge in [-0.3, -0.25) is 14.9 Å². The molecule has 0 atom stereocenters.